The molecule has 0 aromatic heterocycles. The summed E-state index contributed by atoms with van der Waals surface area (Å²) in [4.78, 5) is 28.9. The maximum Gasteiger partial charge on any atom is 0.246 e. The van der Waals surface area contributed by atoms with Gasteiger partial charge in [-0.05, 0) is 50.5 Å². The number of fused-ring (bicyclic) bond motifs is 1. The predicted molar refractivity (Wildman–Crippen MR) is 112 cm³/mol. The third-order valence-corrected chi connectivity index (χ3v) is 9.80. The van der Waals surface area contributed by atoms with E-state index in [2.05, 4.69) is 0 Å². The lowest BCUT2D eigenvalue weighted by molar-refractivity contribution is -0.144. The largest absolute Gasteiger partial charge is 0.338 e. The van der Waals surface area contributed by atoms with Crippen molar-refractivity contribution < 1.29 is 18.0 Å². The fraction of sp³-hybridized carbons (Fsp3) is 0.600. The molecule has 3 saturated heterocycles. The van der Waals surface area contributed by atoms with Gasteiger partial charge in [0.15, 0.2) is 0 Å². The normalized spacial score (nSPS) is 28.1. The third kappa shape index (κ3) is 3.47. The number of hydrogen-bond donors (Lipinski definition) is 0. The van der Waals surface area contributed by atoms with E-state index >= 15 is 0 Å². The van der Waals surface area contributed by atoms with Gasteiger partial charge in [0.25, 0.3) is 0 Å². The lowest BCUT2D eigenvalue weighted by atomic mass is 10.1. The first kappa shape index (κ1) is 20.7. The molecule has 0 spiro atoms. The van der Waals surface area contributed by atoms with E-state index in [1.54, 1.807) is 33.7 Å². The summed E-state index contributed by atoms with van der Waals surface area (Å²) >= 11 is 1.68. The number of sulfonamides is 1. The van der Waals surface area contributed by atoms with Crippen LogP contribution in [0, 0.1) is 13.8 Å². The molecule has 1 aromatic rings. The van der Waals surface area contributed by atoms with Crippen LogP contribution in [0.1, 0.15) is 30.9 Å². The summed E-state index contributed by atoms with van der Waals surface area (Å²) in [6, 6.07) is 4.75. The lowest BCUT2D eigenvalue weighted by Gasteiger charge is -2.37. The Balaban J connectivity index is 1.43. The SMILES string of the molecule is Cc1ccc(S(=O)(=O)N2CCN(C(=O)[C@H]3CS[C@]4(C)CCC(=O)N34)CC2)cc1C. The maximum absolute atomic E-state index is 13.1. The molecular weight excluding hydrogens is 410 g/mol. The molecule has 2 amide bonds. The van der Waals surface area contributed by atoms with Crippen molar-refractivity contribution in [1.29, 1.82) is 0 Å². The minimum absolute atomic E-state index is 0.0480. The average molecular weight is 438 g/mol. The van der Waals surface area contributed by atoms with Crippen LogP contribution in [-0.2, 0) is 19.6 Å². The van der Waals surface area contributed by atoms with Gasteiger partial charge in [0, 0.05) is 38.4 Å². The Morgan fingerprint density at radius 2 is 1.83 bits per heavy atom. The molecule has 158 valence electrons. The Labute approximate surface area is 176 Å². The molecule has 2 atom stereocenters. The second kappa shape index (κ2) is 7.28. The van der Waals surface area contributed by atoms with Gasteiger partial charge in [-0.3, -0.25) is 9.59 Å². The molecule has 7 nitrogen and oxygen atoms in total. The Morgan fingerprint density at radius 1 is 1.14 bits per heavy atom. The highest BCUT2D eigenvalue weighted by molar-refractivity contribution is 8.01. The van der Waals surface area contributed by atoms with Crippen LogP contribution in [0.2, 0.25) is 0 Å². The number of aryl methyl sites for hydroxylation is 2. The fourth-order valence-corrected chi connectivity index (χ4v) is 7.32. The summed E-state index contributed by atoms with van der Waals surface area (Å²) in [5, 5.41) is 0. The van der Waals surface area contributed by atoms with E-state index in [-0.39, 0.29) is 29.8 Å². The number of rotatable bonds is 3. The zero-order valence-electron chi connectivity index (χ0n) is 17.1. The molecule has 29 heavy (non-hydrogen) atoms. The first-order chi connectivity index (χ1) is 13.6. The highest BCUT2D eigenvalue weighted by atomic mass is 32.2. The van der Waals surface area contributed by atoms with Crippen molar-refractivity contribution in [2.24, 2.45) is 0 Å². The van der Waals surface area contributed by atoms with Crippen molar-refractivity contribution in [2.45, 2.75) is 49.4 Å². The first-order valence-electron chi connectivity index (χ1n) is 9.96. The van der Waals surface area contributed by atoms with Crippen LogP contribution < -0.4 is 0 Å². The van der Waals surface area contributed by atoms with E-state index in [1.807, 2.05) is 26.8 Å². The van der Waals surface area contributed by atoms with Crippen LogP contribution in [-0.4, -0.2) is 77.2 Å². The molecule has 1 aromatic carbocycles. The molecule has 3 fully saturated rings. The van der Waals surface area contributed by atoms with E-state index < -0.39 is 16.1 Å². The zero-order chi connectivity index (χ0) is 21.0. The van der Waals surface area contributed by atoms with Crippen LogP contribution in [0.4, 0.5) is 0 Å². The van der Waals surface area contributed by atoms with E-state index in [0.717, 1.165) is 17.5 Å². The van der Waals surface area contributed by atoms with Gasteiger partial charge in [0.2, 0.25) is 21.8 Å². The molecule has 0 aliphatic carbocycles. The maximum atomic E-state index is 13.1. The van der Waals surface area contributed by atoms with Gasteiger partial charge in [-0.1, -0.05) is 6.07 Å². The minimum Gasteiger partial charge on any atom is -0.338 e. The predicted octanol–water partition coefficient (Wildman–Crippen LogP) is 1.59. The van der Waals surface area contributed by atoms with Crippen LogP contribution in [0.15, 0.2) is 23.1 Å². The molecule has 0 saturated carbocycles. The lowest BCUT2D eigenvalue weighted by Crippen LogP contribution is -2.56. The summed E-state index contributed by atoms with van der Waals surface area (Å²) in [5.74, 6) is 0.605. The Hall–Kier alpha value is -1.58. The number of thioether (sulfide) groups is 1. The summed E-state index contributed by atoms with van der Waals surface area (Å²) in [7, 11) is -3.58. The highest BCUT2D eigenvalue weighted by Crippen LogP contribution is 2.47. The Bertz CT molecular complexity index is 956. The fourth-order valence-electron chi connectivity index (χ4n) is 4.39. The van der Waals surface area contributed by atoms with Crippen molar-refractivity contribution in [3.8, 4) is 0 Å². The molecule has 0 N–H and O–H groups in total. The molecule has 3 aliphatic heterocycles. The van der Waals surface area contributed by atoms with Crippen LogP contribution in [0.25, 0.3) is 0 Å². The molecule has 3 heterocycles. The second-order valence-electron chi connectivity index (χ2n) is 8.24. The minimum atomic E-state index is -3.58. The van der Waals surface area contributed by atoms with Gasteiger partial charge >= 0.3 is 0 Å². The average Bonchev–Trinajstić information content (AvgIpc) is 3.19. The van der Waals surface area contributed by atoms with Crippen molar-refractivity contribution in [2.75, 3.05) is 31.9 Å². The topological polar surface area (TPSA) is 78.0 Å². The van der Waals surface area contributed by atoms with E-state index in [0.29, 0.717) is 30.2 Å². The van der Waals surface area contributed by atoms with Gasteiger partial charge < -0.3 is 9.80 Å². The van der Waals surface area contributed by atoms with Crippen LogP contribution in [0.3, 0.4) is 0 Å². The van der Waals surface area contributed by atoms with E-state index in [4.69, 9.17) is 0 Å². The summed E-state index contributed by atoms with van der Waals surface area (Å²) in [5.41, 5.74) is 1.99. The zero-order valence-corrected chi connectivity index (χ0v) is 18.7. The number of benzene rings is 1. The Morgan fingerprint density at radius 3 is 2.48 bits per heavy atom. The van der Waals surface area contributed by atoms with Crippen molar-refractivity contribution in [3.05, 3.63) is 29.3 Å². The highest BCUT2D eigenvalue weighted by Gasteiger charge is 2.53. The smallest absolute Gasteiger partial charge is 0.246 e. The molecular formula is C20H27N3O4S2. The number of nitrogens with zero attached hydrogens (tertiary/aromatic N) is 3. The molecule has 9 heteroatoms. The Kier molecular flexibility index (Phi) is 5.19. The number of hydrogen-bond acceptors (Lipinski definition) is 5. The summed E-state index contributed by atoms with van der Waals surface area (Å²) < 4.78 is 27.4. The van der Waals surface area contributed by atoms with E-state index in [9.17, 15) is 18.0 Å². The molecule has 4 rings (SSSR count). The molecule has 3 aliphatic rings. The van der Waals surface area contributed by atoms with Crippen LogP contribution >= 0.6 is 11.8 Å². The van der Waals surface area contributed by atoms with Crippen molar-refractivity contribution in [3.63, 3.8) is 0 Å². The molecule has 0 radical (unpaired) electrons. The number of carbonyl (C=O) groups is 2. The first-order valence-corrected chi connectivity index (χ1v) is 12.4. The van der Waals surface area contributed by atoms with Gasteiger partial charge in [0.1, 0.15) is 6.04 Å². The van der Waals surface area contributed by atoms with Crippen molar-refractivity contribution >= 4 is 33.6 Å². The summed E-state index contributed by atoms with van der Waals surface area (Å²) in [6.45, 7) is 7.12. The van der Waals surface area contributed by atoms with Crippen molar-refractivity contribution in [1.82, 2.24) is 14.1 Å². The standard InChI is InChI=1S/C20H27N3O4S2/c1-14-4-5-16(12-15(14)2)29(26,27)22-10-8-21(9-11-22)19(25)17-13-28-20(3)7-6-18(24)23(17)20/h4-5,12,17H,6-11,13H2,1-3H3/t17-,20-/m1/s1. The summed E-state index contributed by atoms with van der Waals surface area (Å²) in [6.07, 6.45) is 1.28. The number of carbonyl (C=O) groups excluding carboxylic acids is 2. The third-order valence-electron chi connectivity index (χ3n) is 6.40. The molecule has 0 bridgehead atoms. The van der Waals surface area contributed by atoms with E-state index in [1.165, 1.54) is 4.31 Å². The van der Waals surface area contributed by atoms with Gasteiger partial charge in [0.05, 0.1) is 9.77 Å². The number of piperazine rings is 1. The van der Waals surface area contributed by atoms with Gasteiger partial charge in [-0.25, -0.2) is 8.42 Å². The van der Waals surface area contributed by atoms with Gasteiger partial charge in [-0.15, -0.1) is 11.8 Å². The number of amides is 2. The quantitative estimate of drug-likeness (QED) is 0.718. The second-order valence-corrected chi connectivity index (χ2v) is 11.7. The van der Waals surface area contributed by atoms with Crippen LogP contribution in [0.5, 0.6) is 0 Å². The van der Waals surface area contributed by atoms with Gasteiger partial charge in [-0.2, -0.15) is 4.31 Å². The monoisotopic (exact) mass is 437 g/mol. The molecule has 0 unspecified atom stereocenters.